The monoisotopic (exact) mass is 379 g/mol. The molecular formula is C19H29N3O3S. The van der Waals surface area contributed by atoms with Crippen molar-refractivity contribution in [2.24, 2.45) is 0 Å². The second-order valence-electron chi connectivity index (χ2n) is 6.55. The lowest BCUT2D eigenvalue weighted by molar-refractivity contribution is -0.122. The zero-order valence-corrected chi connectivity index (χ0v) is 17.0. The average Bonchev–Trinajstić information content (AvgIpc) is 2.56. The number of rotatable bonds is 9. The Morgan fingerprint density at radius 2 is 1.58 bits per heavy atom. The molecule has 0 aromatic heterocycles. The summed E-state index contributed by atoms with van der Waals surface area (Å²) in [5, 5.41) is 5.63. The Morgan fingerprint density at radius 1 is 1.00 bits per heavy atom. The zero-order valence-electron chi connectivity index (χ0n) is 16.2. The predicted molar refractivity (Wildman–Crippen MR) is 105 cm³/mol. The fourth-order valence-electron chi connectivity index (χ4n) is 2.31. The van der Waals surface area contributed by atoms with Crippen molar-refractivity contribution in [3.63, 3.8) is 0 Å². The number of hydrogen-bond donors (Lipinski definition) is 2. The minimum Gasteiger partial charge on any atom is -0.353 e. The molecule has 6 nitrogen and oxygen atoms in total. The molecule has 0 saturated heterocycles. The van der Waals surface area contributed by atoms with Crippen molar-refractivity contribution in [2.45, 2.75) is 51.6 Å². The van der Waals surface area contributed by atoms with Crippen molar-refractivity contribution in [1.29, 1.82) is 0 Å². The van der Waals surface area contributed by atoms with Crippen LogP contribution in [-0.2, 0) is 9.59 Å². The lowest BCUT2D eigenvalue weighted by atomic mass is 10.2. The number of likely N-dealkylation sites (N-methyl/N-ethyl adjacent to an activating group) is 1. The van der Waals surface area contributed by atoms with Crippen molar-refractivity contribution in [3.8, 4) is 0 Å². The van der Waals surface area contributed by atoms with Gasteiger partial charge in [-0.1, -0.05) is 12.1 Å². The Hall–Kier alpha value is -2.02. The number of hydrogen-bond acceptors (Lipinski definition) is 4. The van der Waals surface area contributed by atoms with Gasteiger partial charge in [0.15, 0.2) is 0 Å². The number of benzene rings is 1. The molecular weight excluding hydrogens is 350 g/mol. The molecule has 0 atom stereocenters. The van der Waals surface area contributed by atoms with Crippen molar-refractivity contribution in [2.75, 3.05) is 18.8 Å². The van der Waals surface area contributed by atoms with Gasteiger partial charge in [0.1, 0.15) is 0 Å². The summed E-state index contributed by atoms with van der Waals surface area (Å²) >= 11 is 1.32. The fourth-order valence-corrected chi connectivity index (χ4v) is 3.17. The van der Waals surface area contributed by atoms with Gasteiger partial charge < -0.3 is 15.5 Å². The van der Waals surface area contributed by atoms with Crippen LogP contribution in [-0.4, -0.2) is 53.5 Å². The molecule has 0 aliphatic carbocycles. The lowest BCUT2D eigenvalue weighted by Crippen LogP contribution is -2.42. The Labute approximate surface area is 160 Å². The maximum Gasteiger partial charge on any atom is 0.255 e. The van der Waals surface area contributed by atoms with Crippen LogP contribution < -0.4 is 10.6 Å². The van der Waals surface area contributed by atoms with E-state index in [-0.39, 0.29) is 42.1 Å². The Balaban J connectivity index is 2.84. The molecule has 3 amide bonds. The smallest absolute Gasteiger partial charge is 0.255 e. The Morgan fingerprint density at radius 3 is 2.15 bits per heavy atom. The molecule has 2 N–H and O–H groups in total. The minimum absolute atomic E-state index is 0.0142. The summed E-state index contributed by atoms with van der Waals surface area (Å²) in [6.07, 6.45) is 0. The van der Waals surface area contributed by atoms with E-state index in [9.17, 15) is 14.4 Å². The third kappa shape index (κ3) is 7.47. The number of thioether (sulfide) groups is 1. The zero-order chi connectivity index (χ0) is 19.7. The number of nitrogens with zero attached hydrogens (tertiary/aromatic N) is 1. The summed E-state index contributed by atoms with van der Waals surface area (Å²) in [5.41, 5.74) is 0.508. The first kappa shape index (κ1) is 22.0. The number of nitrogens with one attached hydrogen (secondary N) is 2. The van der Waals surface area contributed by atoms with Gasteiger partial charge in [-0.15, -0.1) is 11.8 Å². The quantitative estimate of drug-likeness (QED) is 0.645. The third-order valence-electron chi connectivity index (χ3n) is 3.38. The molecule has 7 heteroatoms. The number of carbonyl (C=O) groups is 3. The maximum absolute atomic E-state index is 12.9. The molecule has 0 fully saturated rings. The van der Waals surface area contributed by atoms with Crippen LogP contribution in [0.2, 0.25) is 0 Å². The van der Waals surface area contributed by atoms with Crippen LogP contribution in [0.1, 0.15) is 45.0 Å². The van der Waals surface area contributed by atoms with Crippen LogP contribution in [0.3, 0.4) is 0 Å². The first-order chi connectivity index (χ1) is 12.2. The molecule has 0 saturated carbocycles. The highest BCUT2D eigenvalue weighted by Crippen LogP contribution is 2.23. The van der Waals surface area contributed by atoms with Crippen molar-refractivity contribution >= 4 is 29.5 Å². The van der Waals surface area contributed by atoms with E-state index in [1.165, 1.54) is 16.7 Å². The summed E-state index contributed by atoms with van der Waals surface area (Å²) in [6.45, 7) is 9.85. The first-order valence-electron chi connectivity index (χ1n) is 8.84. The molecule has 0 spiro atoms. The van der Waals surface area contributed by atoms with Crippen molar-refractivity contribution in [3.05, 3.63) is 29.8 Å². The minimum atomic E-state index is -0.209. The van der Waals surface area contributed by atoms with Crippen LogP contribution in [0.15, 0.2) is 29.2 Å². The van der Waals surface area contributed by atoms with E-state index in [1.807, 2.05) is 46.8 Å². The van der Waals surface area contributed by atoms with E-state index < -0.39 is 0 Å². The molecule has 144 valence electrons. The van der Waals surface area contributed by atoms with Crippen LogP contribution in [0.5, 0.6) is 0 Å². The maximum atomic E-state index is 12.9. The van der Waals surface area contributed by atoms with Gasteiger partial charge in [-0.05, 0) is 46.8 Å². The molecule has 0 aliphatic rings. The SMILES string of the molecule is CCN(CC(=O)NC(C)C)C(=O)c1ccccc1SCC(=O)NC(C)C. The number of amides is 3. The molecule has 0 heterocycles. The number of carbonyl (C=O) groups excluding carboxylic acids is 3. The first-order valence-corrected chi connectivity index (χ1v) is 9.83. The second-order valence-corrected chi connectivity index (χ2v) is 7.57. The highest BCUT2D eigenvalue weighted by molar-refractivity contribution is 8.00. The van der Waals surface area contributed by atoms with Crippen LogP contribution in [0.25, 0.3) is 0 Å². The van der Waals surface area contributed by atoms with E-state index >= 15 is 0 Å². The van der Waals surface area contributed by atoms with Gasteiger partial charge in [-0.2, -0.15) is 0 Å². The van der Waals surface area contributed by atoms with Gasteiger partial charge in [0, 0.05) is 23.5 Å². The summed E-state index contributed by atoms with van der Waals surface area (Å²) in [5.74, 6) is -0.228. The molecule has 1 aromatic rings. The Kier molecular flexibility index (Phi) is 9.19. The highest BCUT2D eigenvalue weighted by atomic mass is 32.2. The van der Waals surface area contributed by atoms with Crippen LogP contribution in [0.4, 0.5) is 0 Å². The van der Waals surface area contributed by atoms with Crippen molar-refractivity contribution < 1.29 is 14.4 Å². The van der Waals surface area contributed by atoms with E-state index in [0.29, 0.717) is 12.1 Å². The third-order valence-corrected chi connectivity index (χ3v) is 4.45. The summed E-state index contributed by atoms with van der Waals surface area (Å²) in [4.78, 5) is 39.0. The topological polar surface area (TPSA) is 78.5 Å². The molecule has 0 unspecified atom stereocenters. The summed E-state index contributed by atoms with van der Waals surface area (Å²) in [6, 6.07) is 7.28. The van der Waals surface area contributed by atoms with Gasteiger partial charge in [0.25, 0.3) is 5.91 Å². The average molecular weight is 380 g/mol. The molecule has 0 aliphatic heterocycles. The normalized spacial score (nSPS) is 10.7. The summed E-state index contributed by atoms with van der Waals surface area (Å²) in [7, 11) is 0. The van der Waals surface area contributed by atoms with Gasteiger partial charge in [-0.25, -0.2) is 0 Å². The molecule has 0 radical (unpaired) electrons. The van der Waals surface area contributed by atoms with Gasteiger partial charge >= 0.3 is 0 Å². The molecule has 26 heavy (non-hydrogen) atoms. The fraction of sp³-hybridized carbons (Fsp3) is 0.526. The van der Waals surface area contributed by atoms with Gasteiger partial charge in [-0.3, -0.25) is 14.4 Å². The van der Waals surface area contributed by atoms with Crippen molar-refractivity contribution in [1.82, 2.24) is 15.5 Å². The van der Waals surface area contributed by atoms with E-state index in [0.717, 1.165) is 4.90 Å². The standard InChI is InChI=1S/C19H29N3O3S/c1-6-22(11-17(23)20-13(2)3)19(25)15-9-7-8-10-16(15)26-12-18(24)21-14(4)5/h7-10,13-14H,6,11-12H2,1-5H3,(H,20,23)(H,21,24). The highest BCUT2D eigenvalue weighted by Gasteiger charge is 2.20. The van der Waals surface area contributed by atoms with Gasteiger partial charge in [0.05, 0.1) is 17.9 Å². The van der Waals surface area contributed by atoms with Gasteiger partial charge in [0.2, 0.25) is 11.8 Å². The van der Waals surface area contributed by atoms with E-state index in [1.54, 1.807) is 12.1 Å². The molecule has 1 aromatic carbocycles. The van der Waals surface area contributed by atoms with Crippen LogP contribution in [0, 0.1) is 0 Å². The van der Waals surface area contributed by atoms with E-state index in [2.05, 4.69) is 10.6 Å². The second kappa shape index (κ2) is 10.9. The summed E-state index contributed by atoms with van der Waals surface area (Å²) < 4.78 is 0. The largest absolute Gasteiger partial charge is 0.353 e. The molecule has 1 rings (SSSR count). The lowest BCUT2D eigenvalue weighted by Gasteiger charge is -2.22. The van der Waals surface area contributed by atoms with E-state index in [4.69, 9.17) is 0 Å². The Bertz CT molecular complexity index is 632. The predicted octanol–water partition coefficient (Wildman–Crippen LogP) is 2.29. The van der Waals surface area contributed by atoms with Crippen LogP contribution >= 0.6 is 11.8 Å². The molecule has 0 bridgehead atoms.